The molecule has 0 saturated heterocycles. The zero-order chi connectivity index (χ0) is 17.4. The number of nitrogens with one attached hydrogen (secondary N) is 1. The first-order valence-electron chi connectivity index (χ1n) is 8.41. The smallest absolute Gasteiger partial charge is 0.262 e. The topological polar surface area (TPSA) is 71.3 Å². The summed E-state index contributed by atoms with van der Waals surface area (Å²) in [5.41, 5.74) is 0.833. The Hall–Kier alpha value is -2.48. The Kier molecular flexibility index (Phi) is 6.68. The Morgan fingerprint density at radius 3 is 2.75 bits per heavy atom. The minimum atomic E-state index is -0.310. The number of carbonyl (C=O) groups is 1. The average Bonchev–Trinajstić information content (AvgIpc) is 3.11. The molecule has 1 aromatic rings. The van der Waals surface area contributed by atoms with Gasteiger partial charge in [0.05, 0.1) is 13.7 Å². The van der Waals surface area contributed by atoms with E-state index in [1.54, 1.807) is 25.3 Å². The third kappa shape index (κ3) is 4.76. The van der Waals surface area contributed by atoms with Gasteiger partial charge in [-0.05, 0) is 43.0 Å². The number of hydrogen-bond acceptors (Lipinski definition) is 4. The molecule has 0 aliphatic heterocycles. The molecule has 0 spiro atoms. The molecule has 2 rings (SSSR count). The second kappa shape index (κ2) is 8.97. The fourth-order valence-electron chi connectivity index (χ4n) is 2.75. The summed E-state index contributed by atoms with van der Waals surface area (Å²) in [6.07, 6.45) is 6.73. The lowest BCUT2D eigenvalue weighted by Crippen LogP contribution is -2.33. The summed E-state index contributed by atoms with van der Waals surface area (Å²) in [6.45, 7) is 2.64. The van der Waals surface area contributed by atoms with Gasteiger partial charge < -0.3 is 14.8 Å². The summed E-state index contributed by atoms with van der Waals surface area (Å²) in [6, 6.07) is 7.55. The van der Waals surface area contributed by atoms with Crippen molar-refractivity contribution in [2.75, 3.05) is 13.7 Å². The van der Waals surface area contributed by atoms with Gasteiger partial charge in [-0.1, -0.05) is 25.8 Å². The molecule has 24 heavy (non-hydrogen) atoms. The highest BCUT2D eigenvalue weighted by atomic mass is 16.5. The van der Waals surface area contributed by atoms with Crippen LogP contribution in [-0.4, -0.2) is 25.7 Å². The maximum absolute atomic E-state index is 12.2. The molecule has 0 unspecified atom stereocenters. The van der Waals surface area contributed by atoms with E-state index in [0.717, 1.165) is 37.7 Å². The van der Waals surface area contributed by atoms with Crippen LogP contribution in [0.1, 0.15) is 44.6 Å². The van der Waals surface area contributed by atoms with Crippen molar-refractivity contribution in [1.29, 1.82) is 5.26 Å². The van der Waals surface area contributed by atoms with Gasteiger partial charge in [-0.2, -0.15) is 5.26 Å². The van der Waals surface area contributed by atoms with Crippen molar-refractivity contribution < 1.29 is 14.3 Å². The van der Waals surface area contributed by atoms with Gasteiger partial charge in [-0.15, -0.1) is 0 Å². The van der Waals surface area contributed by atoms with E-state index in [-0.39, 0.29) is 17.5 Å². The van der Waals surface area contributed by atoms with Crippen molar-refractivity contribution >= 4 is 12.0 Å². The molecule has 1 fully saturated rings. The van der Waals surface area contributed by atoms with E-state index in [1.807, 2.05) is 19.1 Å². The Morgan fingerprint density at radius 2 is 2.12 bits per heavy atom. The number of ether oxygens (including phenoxy) is 2. The fraction of sp³-hybridized carbons (Fsp3) is 0.474. The van der Waals surface area contributed by atoms with Crippen LogP contribution in [0.4, 0.5) is 0 Å². The lowest BCUT2D eigenvalue weighted by Gasteiger charge is -2.12. The molecule has 1 N–H and O–H groups in total. The Balaban J connectivity index is 2.14. The highest BCUT2D eigenvalue weighted by molar-refractivity contribution is 6.01. The van der Waals surface area contributed by atoms with Gasteiger partial charge in [-0.3, -0.25) is 4.79 Å². The minimum Gasteiger partial charge on any atom is -0.493 e. The van der Waals surface area contributed by atoms with Crippen LogP contribution in [0.15, 0.2) is 23.8 Å². The normalized spacial score (nSPS) is 15.0. The summed E-state index contributed by atoms with van der Waals surface area (Å²) in [7, 11) is 1.57. The summed E-state index contributed by atoms with van der Waals surface area (Å²) in [5, 5.41) is 12.2. The minimum absolute atomic E-state index is 0.103. The van der Waals surface area contributed by atoms with E-state index < -0.39 is 0 Å². The third-order valence-electron chi connectivity index (χ3n) is 4.02. The van der Waals surface area contributed by atoms with E-state index in [2.05, 4.69) is 5.32 Å². The highest BCUT2D eigenvalue weighted by Crippen LogP contribution is 2.29. The van der Waals surface area contributed by atoms with E-state index in [9.17, 15) is 10.1 Å². The Bertz CT molecular complexity index is 641. The fourth-order valence-corrected chi connectivity index (χ4v) is 2.75. The zero-order valence-electron chi connectivity index (χ0n) is 14.3. The second-order valence-electron chi connectivity index (χ2n) is 5.88. The Morgan fingerprint density at radius 1 is 1.38 bits per heavy atom. The number of nitrogens with zero attached hydrogens (tertiary/aromatic N) is 1. The number of rotatable bonds is 7. The number of carbonyl (C=O) groups excluding carboxylic acids is 1. The molecule has 1 aliphatic carbocycles. The summed E-state index contributed by atoms with van der Waals surface area (Å²) in [5.74, 6) is 0.936. The molecule has 0 aromatic heterocycles. The largest absolute Gasteiger partial charge is 0.493 e. The number of hydrogen-bond donors (Lipinski definition) is 1. The maximum Gasteiger partial charge on any atom is 0.262 e. The van der Waals surface area contributed by atoms with Crippen molar-refractivity contribution in [3.8, 4) is 17.6 Å². The van der Waals surface area contributed by atoms with Crippen LogP contribution in [-0.2, 0) is 4.79 Å². The first kappa shape index (κ1) is 17.9. The van der Waals surface area contributed by atoms with Crippen molar-refractivity contribution in [1.82, 2.24) is 5.32 Å². The standard InChI is InChI=1S/C19H24N2O3/c1-3-10-24-17-9-8-14(12-18(17)23-2)11-15(13-20)19(22)21-16-6-4-5-7-16/h8-9,11-12,16H,3-7,10H2,1-2H3,(H,21,22)/b15-11+. The highest BCUT2D eigenvalue weighted by Gasteiger charge is 2.19. The van der Waals surface area contributed by atoms with Crippen LogP contribution in [0, 0.1) is 11.3 Å². The van der Waals surface area contributed by atoms with Crippen molar-refractivity contribution in [3.63, 3.8) is 0 Å². The van der Waals surface area contributed by atoms with Gasteiger partial charge in [-0.25, -0.2) is 0 Å². The van der Waals surface area contributed by atoms with Gasteiger partial charge in [0, 0.05) is 6.04 Å². The van der Waals surface area contributed by atoms with Gasteiger partial charge in [0.1, 0.15) is 11.6 Å². The SMILES string of the molecule is CCCOc1ccc(/C=C(\C#N)C(=O)NC2CCCC2)cc1OC. The summed E-state index contributed by atoms with van der Waals surface area (Å²) in [4.78, 5) is 12.2. The third-order valence-corrected chi connectivity index (χ3v) is 4.02. The van der Waals surface area contributed by atoms with Gasteiger partial charge in [0.25, 0.3) is 5.91 Å². The van der Waals surface area contributed by atoms with Gasteiger partial charge in [0.15, 0.2) is 11.5 Å². The number of nitriles is 1. The van der Waals surface area contributed by atoms with Gasteiger partial charge >= 0.3 is 0 Å². The van der Waals surface area contributed by atoms with E-state index in [1.165, 1.54) is 0 Å². The van der Waals surface area contributed by atoms with Crippen LogP contribution in [0.3, 0.4) is 0 Å². The van der Waals surface area contributed by atoms with Crippen LogP contribution in [0.5, 0.6) is 11.5 Å². The zero-order valence-corrected chi connectivity index (χ0v) is 14.3. The molecule has 1 aromatic carbocycles. The molecule has 0 heterocycles. The molecule has 0 bridgehead atoms. The molecule has 128 valence electrons. The first-order valence-corrected chi connectivity index (χ1v) is 8.41. The molecule has 1 aliphatic rings. The molecular formula is C19H24N2O3. The van der Waals surface area contributed by atoms with Crippen LogP contribution in [0.2, 0.25) is 0 Å². The number of amides is 1. The van der Waals surface area contributed by atoms with E-state index in [4.69, 9.17) is 9.47 Å². The number of benzene rings is 1. The van der Waals surface area contributed by atoms with Gasteiger partial charge in [0.2, 0.25) is 0 Å². The van der Waals surface area contributed by atoms with E-state index in [0.29, 0.717) is 18.1 Å². The monoisotopic (exact) mass is 328 g/mol. The molecule has 1 amide bonds. The van der Waals surface area contributed by atoms with Crippen molar-refractivity contribution in [3.05, 3.63) is 29.3 Å². The lowest BCUT2D eigenvalue weighted by molar-refractivity contribution is -0.117. The summed E-state index contributed by atoms with van der Waals surface area (Å²) < 4.78 is 10.9. The summed E-state index contributed by atoms with van der Waals surface area (Å²) >= 11 is 0. The molecule has 0 radical (unpaired) electrons. The van der Waals surface area contributed by atoms with Crippen LogP contribution < -0.4 is 14.8 Å². The predicted octanol–water partition coefficient (Wildman–Crippen LogP) is 3.45. The lowest BCUT2D eigenvalue weighted by atomic mass is 10.1. The van der Waals surface area contributed by atoms with Crippen LogP contribution in [0.25, 0.3) is 6.08 Å². The number of methoxy groups -OCH3 is 1. The quantitative estimate of drug-likeness (QED) is 0.615. The van der Waals surface area contributed by atoms with Crippen molar-refractivity contribution in [2.45, 2.75) is 45.1 Å². The molecular weight excluding hydrogens is 304 g/mol. The van der Waals surface area contributed by atoms with Crippen molar-refractivity contribution in [2.24, 2.45) is 0 Å². The predicted molar refractivity (Wildman–Crippen MR) is 92.8 cm³/mol. The molecule has 1 saturated carbocycles. The molecule has 5 heteroatoms. The second-order valence-corrected chi connectivity index (χ2v) is 5.88. The Labute approximate surface area is 143 Å². The average molecular weight is 328 g/mol. The first-order chi connectivity index (χ1) is 11.7. The molecule has 5 nitrogen and oxygen atoms in total. The maximum atomic E-state index is 12.2. The van der Waals surface area contributed by atoms with E-state index >= 15 is 0 Å². The molecule has 0 atom stereocenters. The van der Waals surface area contributed by atoms with Crippen LogP contribution >= 0.6 is 0 Å².